The van der Waals surface area contributed by atoms with Crippen LogP contribution < -0.4 is 4.74 Å². The smallest absolute Gasteiger partial charge is 0.295 e. The zero-order valence-corrected chi connectivity index (χ0v) is 19.5. The van der Waals surface area contributed by atoms with Crippen molar-refractivity contribution < 1.29 is 29.3 Å². The number of carbonyl (C=O) groups excluding carboxylic acids is 2. The fourth-order valence-electron chi connectivity index (χ4n) is 4.29. The van der Waals surface area contributed by atoms with Crippen LogP contribution >= 0.6 is 0 Å². The van der Waals surface area contributed by atoms with Gasteiger partial charge in [-0.15, -0.1) is 0 Å². The number of fused-ring (bicyclic) bond motifs is 1. The molecule has 1 saturated heterocycles. The van der Waals surface area contributed by atoms with E-state index in [2.05, 4.69) is 4.98 Å². The molecule has 2 N–H and O–H groups in total. The van der Waals surface area contributed by atoms with Crippen molar-refractivity contribution in [2.24, 2.45) is 0 Å². The van der Waals surface area contributed by atoms with Crippen LogP contribution in [0.3, 0.4) is 0 Å². The Morgan fingerprint density at radius 2 is 1.97 bits per heavy atom. The third kappa shape index (κ3) is 3.77. The first kappa shape index (κ1) is 23.3. The van der Waals surface area contributed by atoms with E-state index in [0.29, 0.717) is 23.5 Å². The average Bonchev–Trinajstić information content (AvgIpc) is 3.29. The number of Topliss-reactive ketones (excluding diaryl/α,β-unsaturated/α-hetero) is 1. The normalized spacial score (nSPS) is 17.6. The van der Waals surface area contributed by atoms with E-state index >= 15 is 0 Å². The van der Waals surface area contributed by atoms with Crippen LogP contribution in [0.2, 0.25) is 0 Å². The van der Waals surface area contributed by atoms with Crippen molar-refractivity contribution in [3.63, 3.8) is 0 Å². The number of hydrogen-bond donors (Lipinski definition) is 2. The Kier molecular flexibility index (Phi) is 6.30. The number of phenolic OH excluding ortho intramolecular Hbond substituents is 1. The van der Waals surface area contributed by atoms with E-state index in [0.717, 1.165) is 5.56 Å². The van der Waals surface area contributed by atoms with Crippen molar-refractivity contribution in [1.29, 1.82) is 0 Å². The van der Waals surface area contributed by atoms with E-state index in [1.807, 2.05) is 29.7 Å². The summed E-state index contributed by atoms with van der Waals surface area (Å²) in [6.07, 6.45) is 1.82. The second-order valence-electron chi connectivity index (χ2n) is 8.08. The molecule has 1 aliphatic heterocycles. The highest BCUT2D eigenvalue weighted by atomic mass is 16.5. The SMILES string of the molecule is CCOc1cc(C2/C(=C(\O)c3nc4c(C)cccn4c3C)C(=O)C(=O)N2CCOC)ccc1O. The van der Waals surface area contributed by atoms with E-state index in [4.69, 9.17) is 9.47 Å². The first-order chi connectivity index (χ1) is 16.3. The van der Waals surface area contributed by atoms with E-state index in [1.54, 1.807) is 26.0 Å². The van der Waals surface area contributed by atoms with Gasteiger partial charge in [-0.25, -0.2) is 4.98 Å². The Bertz CT molecular complexity index is 1310. The highest BCUT2D eigenvalue weighted by Crippen LogP contribution is 2.42. The molecule has 34 heavy (non-hydrogen) atoms. The summed E-state index contributed by atoms with van der Waals surface area (Å²) in [6, 6.07) is 7.49. The Morgan fingerprint density at radius 1 is 1.21 bits per heavy atom. The number of phenols is 1. The van der Waals surface area contributed by atoms with Gasteiger partial charge in [0.2, 0.25) is 0 Å². The topological polar surface area (TPSA) is 114 Å². The summed E-state index contributed by atoms with van der Waals surface area (Å²) in [7, 11) is 1.50. The molecule has 1 atom stereocenters. The second-order valence-corrected chi connectivity index (χ2v) is 8.08. The molecule has 0 bridgehead atoms. The predicted molar refractivity (Wildman–Crippen MR) is 125 cm³/mol. The maximum atomic E-state index is 13.2. The number of rotatable bonds is 7. The minimum absolute atomic E-state index is 0.0638. The third-order valence-corrected chi connectivity index (χ3v) is 5.98. The molecule has 1 aromatic carbocycles. The van der Waals surface area contributed by atoms with Gasteiger partial charge in [-0.05, 0) is 50.1 Å². The number of hydrogen-bond acceptors (Lipinski definition) is 7. The summed E-state index contributed by atoms with van der Waals surface area (Å²) in [5, 5.41) is 21.5. The van der Waals surface area contributed by atoms with Crippen molar-refractivity contribution >= 4 is 23.1 Å². The lowest BCUT2D eigenvalue weighted by Crippen LogP contribution is -2.32. The Labute approximate surface area is 196 Å². The van der Waals surface area contributed by atoms with Crippen LogP contribution in [0.1, 0.15) is 35.5 Å². The number of likely N-dealkylation sites (tertiary alicyclic amines) is 1. The summed E-state index contributed by atoms with van der Waals surface area (Å²) in [6.45, 7) is 6.13. The number of aryl methyl sites for hydroxylation is 2. The quantitative estimate of drug-likeness (QED) is 0.313. The number of aliphatic hydroxyl groups is 1. The van der Waals surface area contributed by atoms with Gasteiger partial charge in [0.05, 0.1) is 30.5 Å². The van der Waals surface area contributed by atoms with Crippen molar-refractivity contribution in [1.82, 2.24) is 14.3 Å². The number of methoxy groups -OCH3 is 1. The lowest BCUT2D eigenvalue weighted by Gasteiger charge is -2.25. The molecule has 1 fully saturated rings. The molecule has 178 valence electrons. The van der Waals surface area contributed by atoms with Crippen LogP contribution in [0, 0.1) is 13.8 Å². The van der Waals surface area contributed by atoms with Crippen LogP contribution in [-0.2, 0) is 14.3 Å². The molecule has 2 aromatic heterocycles. The van der Waals surface area contributed by atoms with Gasteiger partial charge in [-0.1, -0.05) is 12.1 Å². The number of ketones is 1. The summed E-state index contributed by atoms with van der Waals surface area (Å²) in [5.74, 6) is -1.75. The van der Waals surface area contributed by atoms with Gasteiger partial charge in [-0.2, -0.15) is 0 Å². The molecule has 3 aromatic rings. The monoisotopic (exact) mass is 465 g/mol. The van der Waals surface area contributed by atoms with Crippen molar-refractivity contribution in [2.75, 3.05) is 26.9 Å². The maximum absolute atomic E-state index is 13.2. The fourth-order valence-corrected chi connectivity index (χ4v) is 4.29. The zero-order valence-electron chi connectivity index (χ0n) is 19.5. The predicted octanol–water partition coefficient (Wildman–Crippen LogP) is 3.12. The Hall–Kier alpha value is -3.85. The molecule has 3 heterocycles. The molecule has 0 saturated carbocycles. The largest absolute Gasteiger partial charge is 0.505 e. The summed E-state index contributed by atoms with van der Waals surface area (Å²) in [4.78, 5) is 32.1. The van der Waals surface area contributed by atoms with Gasteiger partial charge in [0.1, 0.15) is 11.3 Å². The molecule has 0 spiro atoms. The number of aromatic nitrogens is 2. The molecule has 9 heteroatoms. The van der Waals surface area contributed by atoms with Gasteiger partial charge in [0, 0.05) is 19.9 Å². The first-order valence-electron chi connectivity index (χ1n) is 11.0. The number of amides is 1. The molecule has 0 radical (unpaired) electrons. The van der Waals surface area contributed by atoms with Crippen LogP contribution in [0.25, 0.3) is 11.4 Å². The van der Waals surface area contributed by atoms with Gasteiger partial charge >= 0.3 is 0 Å². The van der Waals surface area contributed by atoms with Crippen LogP contribution in [-0.4, -0.2) is 63.1 Å². The third-order valence-electron chi connectivity index (χ3n) is 5.98. The molecular formula is C25H27N3O6. The maximum Gasteiger partial charge on any atom is 0.295 e. The van der Waals surface area contributed by atoms with Crippen LogP contribution in [0.4, 0.5) is 0 Å². The van der Waals surface area contributed by atoms with E-state index in [1.165, 1.54) is 18.1 Å². The lowest BCUT2D eigenvalue weighted by atomic mass is 9.96. The van der Waals surface area contributed by atoms with E-state index in [-0.39, 0.29) is 41.7 Å². The molecule has 4 rings (SSSR count). The molecule has 9 nitrogen and oxygen atoms in total. The fraction of sp³-hybridized carbons (Fsp3) is 0.320. The van der Waals surface area contributed by atoms with Crippen LogP contribution in [0.5, 0.6) is 11.5 Å². The molecule has 1 unspecified atom stereocenters. The number of pyridine rings is 1. The van der Waals surface area contributed by atoms with Crippen molar-refractivity contribution in [2.45, 2.75) is 26.8 Å². The highest BCUT2D eigenvalue weighted by molar-refractivity contribution is 6.46. The standard InChI is InChI=1S/C25H27N3O6/c1-5-34-18-13-16(8-9-17(18)29)21-19(23(31)25(32)28(21)11-12-33-4)22(30)20-15(3)27-10-6-7-14(2)24(27)26-20/h6-10,13,21,29-30H,5,11-12H2,1-4H3/b22-19+. The highest BCUT2D eigenvalue weighted by Gasteiger charge is 2.46. The molecule has 1 amide bonds. The van der Waals surface area contributed by atoms with Crippen molar-refractivity contribution in [3.8, 4) is 11.5 Å². The number of imidazole rings is 1. The van der Waals surface area contributed by atoms with E-state index in [9.17, 15) is 19.8 Å². The number of ether oxygens (including phenoxy) is 2. The van der Waals surface area contributed by atoms with Gasteiger partial charge in [-0.3, -0.25) is 9.59 Å². The molecular weight excluding hydrogens is 438 g/mol. The number of carbonyl (C=O) groups is 2. The Morgan fingerprint density at radius 3 is 2.65 bits per heavy atom. The van der Waals surface area contributed by atoms with Crippen LogP contribution in [0.15, 0.2) is 42.1 Å². The molecule has 1 aliphatic rings. The van der Waals surface area contributed by atoms with Gasteiger partial charge in [0.25, 0.3) is 11.7 Å². The lowest BCUT2D eigenvalue weighted by molar-refractivity contribution is -0.140. The zero-order chi connectivity index (χ0) is 24.6. The second kappa shape index (κ2) is 9.18. The minimum atomic E-state index is -0.903. The number of nitrogens with zero attached hydrogens (tertiary/aromatic N) is 3. The number of benzene rings is 1. The first-order valence-corrected chi connectivity index (χ1v) is 11.0. The number of aromatic hydroxyl groups is 1. The minimum Gasteiger partial charge on any atom is -0.505 e. The molecule has 0 aliphatic carbocycles. The average molecular weight is 466 g/mol. The van der Waals surface area contributed by atoms with Gasteiger partial charge < -0.3 is 29.0 Å². The van der Waals surface area contributed by atoms with E-state index < -0.39 is 17.7 Å². The van der Waals surface area contributed by atoms with Gasteiger partial charge in [0.15, 0.2) is 17.3 Å². The summed E-state index contributed by atoms with van der Waals surface area (Å²) in [5.41, 5.74) is 2.86. The Balaban J connectivity index is 1.94. The van der Waals surface area contributed by atoms with Crippen molar-refractivity contribution in [3.05, 3.63) is 64.6 Å². The summed E-state index contributed by atoms with van der Waals surface area (Å²) >= 11 is 0. The summed E-state index contributed by atoms with van der Waals surface area (Å²) < 4.78 is 12.5. The number of aliphatic hydroxyl groups excluding tert-OH is 1.